The maximum atomic E-state index is 6.49. The Morgan fingerprint density at radius 3 is 2.34 bits per heavy atom. The molecule has 0 bridgehead atoms. The Kier molecular flexibility index (Phi) is 6.00. The van der Waals surface area contributed by atoms with E-state index in [2.05, 4.69) is 10.1 Å². The van der Waals surface area contributed by atoms with Gasteiger partial charge in [-0.05, 0) is 48.9 Å². The van der Waals surface area contributed by atoms with E-state index in [1.165, 1.54) is 0 Å². The molecule has 1 atom stereocenters. The number of benzene rings is 3. The van der Waals surface area contributed by atoms with Crippen LogP contribution < -0.4 is 18.9 Å². The number of hydrogen-bond donors (Lipinski definition) is 0. The second-order valence-electron chi connectivity index (χ2n) is 9.56. The number of fused-ring (bicyclic) bond motifs is 4. The van der Waals surface area contributed by atoms with E-state index in [9.17, 15) is 0 Å². The van der Waals surface area contributed by atoms with Crippen LogP contribution in [0.15, 0.2) is 85.2 Å². The predicted molar refractivity (Wildman–Crippen MR) is 150 cm³/mol. The average Bonchev–Trinajstić information content (AvgIpc) is 3.60. The Morgan fingerprint density at radius 1 is 0.829 bits per heavy atom. The van der Waals surface area contributed by atoms with Crippen LogP contribution in [0.4, 0.5) is 0 Å². The van der Waals surface area contributed by atoms with Gasteiger partial charge in [-0.15, -0.1) is 5.10 Å². The molecule has 0 fully saturated rings. The minimum atomic E-state index is -0.263. The van der Waals surface area contributed by atoms with Crippen molar-refractivity contribution < 1.29 is 18.9 Å². The van der Waals surface area contributed by atoms with Crippen molar-refractivity contribution in [3.05, 3.63) is 113 Å². The van der Waals surface area contributed by atoms with Crippen LogP contribution >= 0.6 is 0 Å². The predicted octanol–water partition coefficient (Wildman–Crippen LogP) is 5.50. The highest BCUT2D eigenvalue weighted by Crippen LogP contribution is 2.49. The summed E-state index contributed by atoms with van der Waals surface area (Å²) >= 11 is 0. The summed E-state index contributed by atoms with van der Waals surface area (Å²) in [6, 6.07) is 25.4. The van der Waals surface area contributed by atoms with Crippen LogP contribution in [0.25, 0.3) is 11.3 Å². The number of methoxy groups -OCH3 is 2. The summed E-state index contributed by atoms with van der Waals surface area (Å²) in [7, 11) is 3.27. The number of rotatable bonds is 7. The summed E-state index contributed by atoms with van der Waals surface area (Å²) in [5.41, 5.74) is 5.14. The molecule has 0 N–H and O–H groups in total. The average molecular weight is 547 g/mol. The maximum Gasteiger partial charge on any atom is 0.230 e. The second kappa shape index (κ2) is 9.98. The fourth-order valence-electron chi connectivity index (χ4n) is 5.24. The summed E-state index contributed by atoms with van der Waals surface area (Å²) in [4.78, 5) is 9.56. The van der Waals surface area contributed by atoms with Crippen LogP contribution in [0.2, 0.25) is 0 Å². The van der Waals surface area contributed by atoms with Crippen molar-refractivity contribution in [3.63, 3.8) is 0 Å². The van der Waals surface area contributed by atoms with E-state index < -0.39 is 0 Å². The van der Waals surface area contributed by atoms with Gasteiger partial charge in [0.25, 0.3) is 0 Å². The molecular weight excluding hydrogens is 520 g/mol. The first-order chi connectivity index (χ1) is 20.1. The summed E-state index contributed by atoms with van der Waals surface area (Å²) in [5, 5.41) is 9.54. The third-order valence-corrected chi connectivity index (χ3v) is 7.14. The number of aromatic nitrogens is 6. The van der Waals surface area contributed by atoms with E-state index in [1.54, 1.807) is 25.1 Å². The lowest BCUT2D eigenvalue weighted by Gasteiger charge is -2.26. The molecule has 0 unspecified atom stereocenters. The fourth-order valence-corrected chi connectivity index (χ4v) is 5.24. The first kappa shape index (κ1) is 24.6. The highest BCUT2D eigenvalue weighted by Gasteiger charge is 2.38. The van der Waals surface area contributed by atoms with Gasteiger partial charge in [0.2, 0.25) is 11.8 Å². The molecule has 10 heteroatoms. The molecule has 10 nitrogen and oxygen atoms in total. The van der Waals surface area contributed by atoms with Crippen LogP contribution in [0.3, 0.4) is 0 Å². The van der Waals surface area contributed by atoms with E-state index in [-0.39, 0.29) is 12.5 Å². The van der Waals surface area contributed by atoms with Gasteiger partial charge in [-0.3, -0.25) is 0 Å². The molecule has 0 saturated carbocycles. The Bertz CT molecular complexity index is 1860. The summed E-state index contributed by atoms with van der Waals surface area (Å²) < 4.78 is 26.8. The monoisotopic (exact) mass is 546 g/mol. The number of hydrogen-bond acceptors (Lipinski definition) is 8. The van der Waals surface area contributed by atoms with E-state index in [0.29, 0.717) is 34.7 Å². The fraction of sp³-hybridized carbons (Fsp3) is 0.161. The zero-order chi connectivity index (χ0) is 27.9. The molecule has 0 spiro atoms. The molecular formula is C31H26N6O4. The molecule has 3 aromatic carbocycles. The minimum absolute atomic E-state index is 0.154. The van der Waals surface area contributed by atoms with Crippen LogP contribution in [0.5, 0.6) is 29.0 Å². The zero-order valence-corrected chi connectivity index (χ0v) is 22.7. The summed E-state index contributed by atoms with van der Waals surface area (Å²) in [5.74, 6) is 3.34. The number of para-hydroxylation sites is 3. The van der Waals surface area contributed by atoms with Crippen molar-refractivity contribution in [2.75, 3.05) is 14.2 Å². The van der Waals surface area contributed by atoms with Crippen molar-refractivity contribution in [3.8, 4) is 34.7 Å². The van der Waals surface area contributed by atoms with Gasteiger partial charge in [0, 0.05) is 0 Å². The molecule has 6 aromatic rings. The Labute approximate surface area is 235 Å². The number of aryl methyl sites for hydroxylation is 1. The largest absolute Gasteiger partial charge is 0.497 e. The lowest BCUT2D eigenvalue weighted by molar-refractivity contribution is 0.276. The van der Waals surface area contributed by atoms with Crippen LogP contribution in [0.1, 0.15) is 34.1 Å². The molecule has 41 heavy (non-hydrogen) atoms. The van der Waals surface area contributed by atoms with Crippen molar-refractivity contribution in [1.82, 2.24) is 29.4 Å². The van der Waals surface area contributed by atoms with Gasteiger partial charge in [-0.25, -0.2) is 19.2 Å². The maximum absolute atomic E-state index is 6.49. The van der Waals surface area contributed by atoms with Gasteiger partial charge >= 0.3 is 0 Å². The van der Waals surface area contributed by atoms with E-state index in [1.807, 2.05) is 90.5 Å². The first-order valence-corrected chi connectivity index (χ1v) is 13.1. The third kappa shape index (κ3) is 4.20. The molecule has 0 saturated heterocycles. The third-order valence-electron chi connectivity index (χ3n) is 7.14. The molecule has 1 aliphatic heterocycles. The van der Waals surface area contributed by atoms with Gasteiger partial charge in [0.05, 0.1) is 42.6 Å². The molecule has 3 aromatic heterocycles. The van der Waals surface area contributed by atoms with Crippen LogP contribution in [-0.4, -0.2) is 43.6 Å². The van der Waals surface area contributed by atoms with Gasteiger partial charge in [0.15, 0.2) is 23.0 Å². The van der Waals surface area contributed by atoms with E-state index in [4.69, 9.17) is 29.0 Å². The smallest absolute Gasteiger partial charge is 0.230 e. The SMILES string of the molecule is COc1ccc([C@@H]2c3c(C)nn(-c4ccccc4)c3Oc3ncn4nc(COc5ccccc5OC)nc4c32)cc1. The van der Waals surface area contributed by atoms with E-state index in [0.717, 1.165) is 33.8 Å². The highest BCUT2D eigenvalue weighted by atomic mass is 16.5. The molecule has 7 rings (SSSR count). The molecule has 0 radical (unpaired) electrons. The number of nitrogens with zero attached hydrogens (tertiary/aromatic N) is 6. The lowest BCUT2D eigenvalue weighted by atomic mass is 9.84. The van der Waals surface area contributed by atoms with E-state index >= 15 is 0 Å². The number of ether oxygens (including phenoxy) is 4. The van der Waals surface area contributed by atoms with Crippen molar-refractivity contribution in [2.45, 2.75) is 19.4 Å². The Hall–Kier alpha value is -5.38. The normalized spacial score (nSPS) is 13.8. The zero-order valence-electron chi connectivity index (χ0n) is 22.7. The van der Waals surface area contributed by atoms with Gasteiger partial charge in [0.1, 0.15) is 18.7 Å². The van der Waals surface area contributed by atoms with Crippen LogP contribution in [0, 0.1) is 6.92 Å². The van der Waals surface area contributed by atoms with Gasteiger partial charge < -0.3 is 18.9 Å². The van der Waals surface area contributed by atoms with Crippen LogP contribution in [-0.2, 0) is 6.61 Å². The Balaban J connectivity index is 1.36. The molecule has 204 valence electrons. The molecule has 0 amide bonds. The van der Waals surface area contributed by atoms with Crippen molar-refractivity contribution >= 4 is 5.65 Å². The highest BCUT2D eigenvalue weighted by molar-refractivity contribution is 5.66. The summed E-state index contributed by atoms with van der Waals surface area (Å²) in [6.45, 7) is 2.15. The topological polar surface area (TPSA) is 97.8 Å². The van der Waals surface area contributed by atoms with Crippen molar-refractivity contribution in [1.29, 1.82) is 0 Å². The van der Waals surface area contributed by atoms with Crippen molar-refractivity contribution in [2.24, 2.45) is 0 Å². The molecule has 1 aliphatic rings. The van der Waals surface area contributed by atoms with Gasteiger partial charge in [-0.1, -0.05) is 42.5 Å². The standard InChI is InChI=1S/C31H26N6O4/c1-19-26-27(20-13-15-22(38-2)16-14-20)28-29-33-25(17-40-24-12-8-7-11-23(24)39-3)35-36(29)18-32-30(28)41-31(26)37(34-19)21-9-5-4-6-10-21/h4-16,18,27H,17H2,1-3H3/t27-/m1/s1. The molecule has 4 heterocycles. The first-order valence-electron chi connectivity index (χ1n) is 13.1. The second-order valence-corrected chi connectivity index (χ2v) is 9.56. The Morgan fingerprint density at radius 2 is 1.59 bits per heavy atom. The minimum Gasteiger partial charge on any atom is -0.497 e. The summed E-state index contributed by atoms with van der Waals surface area (Å²) in [6.07, 6.45) is 1.61. The van der Waals surface area contributed by atoms with Gasteiger partial charge in [-0.2, -0.15) is 5.10 Å². The lowest BCUT2D eigenvalue weighted by Crippen LogP contribution is -2.16. The molecule has 0 aliphatic carbocycles. The quantitative estimate of drug-likeness (QED) is 0.259.